The van der Waals surface area contributed by atoms with Crippen LogP contribution in [0.3, 0.4) is 0 Å². The first kappa shape index (κ1) is 14.3. The van der Waals surface area contributed by atoms with Gasteiger partial charge in [-0.3, -0.25) is 4.79 Å². The van der Waals surface area contributed by atoms with Crippen LogP contribution >= 0.6 is 11.3 Å². The van der Waals surface area contributed by atoms with Gasteiger partial charge in [0, 0.05) is 10.6 Å². The zero-order valence-corrected chi connectivity index (χ0v) is 12.4. The zero-order valence-electron chi connectivity index (χ0n) is 11.6. The van der Waals surface area contributed by atoms with E-state index < -0.39 is 0 Å². The van der Waals surface area contributed by atoms with E-state index in [4.69, 9.17) is 5.73 Å². The number of hydrogen-bond donors (Lipinski definition) is 3. The number of amides is 1. The lowest BCUT2D eigenvalue weighted by Gasteiger charge is -2.14. The van der Waals surface area contributed by atoms with Crippen LogP contribution in [0.25, 0.3) is 0 Å². The summed E-state index contributed by atoms with van der Waals surface area (Å²) in [6, 6.07) is 4.17. The average Bonchev–Trinajstić information content (AvgIpc) is 2.71. The normalized spacial score (nSPS) is 12.2. The third-order valence-electron chi connectivity index (χ3n) is 2.96. The second-order valence-electron chi connectivity index (χ2n) is 4.65. The SMILES string of the molecule is Cc1nc(C)c(C(C)NC(=O)c2cc(O)ccc2N)s1. The number of anilines is 1. The molecule has 106 valence electrons. The van der Waals surface area contributed by atoms with Crippen molar-refractivity contribution in [2.45, 2.75) is 26.8 Å². The molecule has 1 aromatic heterocycles. The third kappa shape index (κ3) is 2.91. The Labute approximate surface area is 121 Å². The van der Waals surface area contributed by atoms with Crippen molar-refractivity contribution in [3.05, 3.63) is 39.3 Å². The fourth-order valence-corrected chi connectivity index (χ4v) is 2.96. The molecule has 1 atom stereocenters. The number of phenols is 1. The predicted octanol–water partition coefficient (Wildman–Crippen LogP) is 2.54. The number of benzene rings is 1. The van der Waals surface area contributed by atoms with E-state index in [1.165, 1.54) is 18.2 Å². The minimum absolute atomic E-state index is 0.0156. The summed E-state index contributed by atoms with van der Waals surface area (Å²) in [7, 11) is 0. The van der Waals surface area contributed by atoms with Crippen molar-refractivity contribution >= 4 is 22.9 Å². The maximum absolute atomic E-state index is 12.2. The van der Waals surface area contributed by atoms with Crippen LogP contribution in [0.5, 0.6) is 5.75 Å². The Bertz CT molecular complexity index is 652. The number of carbonyl (C=O) groups is 1. The van der Waals surface area contributed by atoms with Crippen LogP contribution in [0.2, 0.25) is 0 Å². The van der Waals surface area contributed by atoms with E-state index in [9.17, 15) is 9.90 Å². The average molecular weight is 291 g/mol. The second kappa shape index (κ2) is 5.50. The Morgan fingerprint density at radius 2 is 2.15 bits per heavy atom. The van der Waals surface area contributed by atoms with Gasteiger partial charge in [0.2, 0.25) is 0 Å². The number of aryl methyl sites for hydroxylation is 2. The van der Waals surface area contributed by atoms with Gasteiger partial charge in [-0.15, -0.1) is 11.3 Å². The number of phenolic OH excluding ortho intramolecular Hbond substituents is 1. The van der Waals surface area contributed by atoms with Gasteiger partial charge in [-0.2, -0.15) is 0 Å². The number of nitrogens with zero attached hydrogens (tertiary/aromatic N) is 1. The summed E-state index contributed by atoms with van der Waals surface area (Å²) < 4.78 is 0. The summed E-state index contributed by atoms with van der Waals surface area (Å²) in [4.78, 5) is 17.6. The molecular weight excluding hydrogens is 274 g/mol. The van der Waals surface area contributed by atoms with E-state index >= 15 is 0 Å². The quantitative estimate of drug-likeness (QED) is 0.599. The lowest BCUT2D eigenvalue weighted by atomic mass is 10.1. The van der Waals surface area contributed by atoms with E-state index in [0.717, 1.165) is 15.6 Å². The molecule has 20 heavy (non-hydrogen) atoms. The Morgan fingerprint density at radius 3 is 2.75 bits per heavy atom. The van der Waals surface area contributed by atoms with Gasteiger partial charge in [-0.1, -0.05) is 0 Å². The first-order valence-corrected chi connectivity index (χ1v) is 7.03. The topological polar surface area (TPSA) is 88.2 Å². The molecule has 0 saturated heterocycles. The second-order valence-corrected chi connectivity index (χ2v) is 5.88. The Balaban J connectivity index is 2.19. The molecule has 0 radical (unpaired) electrons. The van der Waals surface area contributed by atoms with E-state index in [2.05, 4.69) is 10.3 Å². The number of thiazole rings is 1. The smallest absolute Gasteiger partial charge is 0.254 e. The monoisotopic (exact) mass is 291 g/mol. The lowest BCUT2D eigenvalue weighted by Crippen LogP contribution is -2.27. The largest absolute Gasteiger partial charge is 0.508 e. The zero-order chi connectivity index (χ0) is 14.9. The highest BCUT2D eigenvalue weighted by molar-refractivity contribution is 7.11. The van der Waals surface area contributed by atoms with Gasteiger partial charge in [0.25, 0.3) is 5.91 Å². The molecular formula is C14H17N3O2S. The van der Waals surface area contributed by atoms with Crippen LogP contribution in [0, 0.1) is 13.8 Å². The van der Waals surface area contributed by atoms with Crippen molar-refractivity contribution in [1.29, 1.82) is 0 Å². The number of aromatic hydroxyl groups is 1. The number of nitrogens with two attached hydrogens (primary N) is 1. The lowest BCUT2D eigenvalue weighted by molar-refractivity contribution is 0.0941. The standard InChI is InChI=1S/C14H17N3O2S/c1-7-13(20-9(3)16-7)8(2)17-14(19)11-6-10(18)4-5-12(11)15/h4-6,8,18H,15H2,1-3H3,(H,17,19). The van der Waals surface area contributed by atoms with Gasteiger partial charge in [0.1, 0.15) is 5.75 Å². The minimum Gasteiger partial charge on any atom is -0.508 e. The van der Waals surface area contributed by atoms with Gasteiger partial charge in [-0.05, 0) is 39.0 Å². The third-order valence-corrected chi connectivity index (χ3v) is 4.22. The minimum atomic E-state index is -0.309. The Hall–Kier alpha value is -2.08. The molecule has 0 aliphatic carbocycles. The van der Waals surface area contributed by atoms with Gasteiger partial charge >= 0.3 is 0 Å². The van der Waals surface area contributed by atoms with Crippen LogP contribution in [-0.4, -0.2) is 16.0 Å². The van der Waals surface area contributed by atoms with Crippen LogP contribution in [0.4, 0.5) is 5.69 Å². The Morgan fingerprint density at radius 1 is 1.45 bits per heavy atom. The molecule has 1 aromatic carbocycles. The molecule has 0 aliphatic heterocycles. The molecule has 4 N–H and O–H groups in total. The van der Waals surface area contributed by atoms with E-state index in [0.29, 0.717) is 5.69 Å². The number of carbonyl (C=O) groups excluding carboxylic acids is 1. The van der Waals surface area contributed by atoms with E-state index in [-0.39, 0.29) is 23.3 Å². The van der Waals surface area contributed by atoms with Gasteiger partial charge in [0.15, 0.2) is 0 Å². The van der Waals surface area contributed by atoms with Crippen molar-refractivity contribution in [3.63, 3.8) is 0 Å². The van der Waals surface area contributed by atoms with Crippen molar-refractivity contribution in [2.75, 3.05) is 5.73 Å². The molecule has 2 rings (SSSR count). The molecule has 0 saturated carbocycles. The molecule has 5 nitrogen and oxygen atoms in total. The molecule has 1 heterocycles. The van der Waals surface area contributed by atoms with Gasteiger partial charge in [0.05, 0.1) is 22.3 Å². The maximum atomic E-state index is 12.2. The molecule has 0 aliphatic rings. The van der Waals surface area contributed by atoms with E-state index in [1.54, 1.807) is 11.3 Å². The highest BCUT2D eigenvalue weighted by Gasteiger charge is 2.18. The number of hydrogen-bond acceptors (Lipinski definition) is 5. The molecule has 2 aromatic rings. The maximum Gasteiger partial charge on any atom is 0.254 e. The molecule has 1 unspecified atom stereocenters. The van der Waals surface area contributed by atoms with Crippen molar-refractivity contribution in [3.8, 4) is 5.75 Å². The molecule has 0 bridgehead atoms. The predicted molar refractivity (Wildman–Crippen MR) is 80.0 cm³/mol. The van der Waals surface area contributed by atoms with Crippen molar-refractivity contribution in [2.24, 2.45) is 0 Å². The first-order valence-electron chi connectivity index (χ1n) is 6.21. The molecule has 0 spiro atoms. The molecule has 6 heteroatoms. The highest BCUT2D eigenvalue weighted by atomic mass is 32.1. The summed E-state index contributed by atoms with van der Waals surface area (Å²) >= 11 is 1.56. The van der Waals surface area contributed by atoms with Crippen LogP contribution in [-0.2, 0) is 0 Å². The molecule has 0 fully saturated rings. The first-order chi connectivity index (χ1) is 9.38. The summed E-state index contributed by atoms with van der Waals surface area (Å²) in [5.41, 5.74) is 7.29. The summed E-state index contributed by atoms with van der Waals surface area (Å²) in [6.07, 6.45) is 0. The van der Waals surface area contributed by atoms with Crippen LogP contribution in [0.15, 0.2) is 18.2 Å². The van der Waals surface area contributed by atoms with Crippen molar-refractivity contribution < 1.29 is 9.90 Å². The number of nitrogen functional groups attached to an aromatic ring is 1. The fourth-order valence-electron chi connectivity index (χ4n) is 2.03. The number of nitrogens with one attached hydrogen (secondary N) is 1. The molecule has 1 amide bonds. The number of aromatic nitrogens is 1. The van der Waals surface area contributed by atoms with Crippen molar-refractivity contribution in [1.82, 2.24) is 10.3 Å². The van der Waals surface area contributed by atoms with E-state index in [1.807, 2.05) is 20.8 Å². The summed E-state index contributed by atoms with van der Waals surface area (Å²) in [5, 5.41) is 13.3. The highest BCUT2D eigenvalue weighted by Crippen LogP contribution is 2.25. The van der Waals surface area contributed by atoms with Gasteiger partial charge in [-0.25, -0.2) is 4.98 Å². The fraction of sp³-hybridized carbons (Fsp3) is 0.286. The summed E-state index contributed by atoms with van der Waals surface area (Å²) in [5.74, 6) is -0.293. The van der Waals surface area contributed by atoms with Crippen LogP contribution < -0.4 is 11.1 Å². The van der Waals surface area contributed by atoms with Crippen LogP contribution in [0.1, 0.15) is 38.9 Å². The number of rotatable bonds is 3. The Kier molecular flexibility index (Phi) is 3.94. The summed E-state index contributed by atoms with van der Waals surface area (Å²) in [6.45, 7) is 5.75. The van der Waals surface area contributed by atoms with Gasteiger partial charge < -0.3 is 16.2 Å².